The van der Waals surface area contributed by atoms with E-state index >= 15 is 0 Å². The Morgan fingerprint density at radius 3 is 2.64 bits per heavy atom. The molecule has 3 heterocycles. The topological polar surface area (TPSA) is 112 Å². The van der Waals surface area contributed by atoms with E-state index in [2.05, 4.69) is 4.98 Å². The summed E-state index contributed by atoms with van der Waals surface area (Å²) in [5, 5.41) is 19.2. The van der Waals surface area contributed by atoms with Crippen LogP contribution < -0.4 is 4.90 Å². The minimum atomic E-state index is -1.05. The van der Waals surface area contributed by atoms with Crippen molar-refractivity contribution in [1.82, 2.24) is 9.38 Å². The van der Waals surface area contributed by atoms with Crippen molar-refractivity contribution in [2.75, 3.05) is 4.90 Å². The fraction of sp³-hybridized carbons (Fsp3) is 0.360. The van der Waals surface area contributed by atoms with E-state index in [1.54, 1.807) is 24.7 Å². The van der Waals surface area contributed by atoms with Gasteiger partial charge < -0.3 is 14.6 Å². The van der Waals surface area contributed by atoms with Crippen LogP contribution in [0.5, 0.6) is 0 Å². The number of amides is 1. The number of aryl methyl sites for hydroxylation is 1. The van der Waals surface area contributed by atoms with Crippen LogP contribution in [0, 0.1) is 5.92 Å². The molecule has 0 radical (unpaired) electrons. The van der Waals surface area contributed by atoms with Gasteiger partial charge >= 0.3 is 11.9 Å². The predicted octanol–water partition coefficient (Wildman–Crippen LogP) is 3.57. The number of pyridine rings is 1. The average Bonchev–Trinajstić information content (AvgIpc) is 3.43. The molecular weight excluding hydrogens is 422 g/mol. The summed E-state index contributed by atoms with van der Waals surface area (Å²) in [6, 6.07) is 12.2. The van der Waals surface area contributed by atoms with Gasteiger partial charge in [-0.2, -0.15) is 0 Å². The van der Waals surface area contributed by atoms with E-state index in [-0.39, 0.29) is 25.2 Å². The maximum Gasteiger partial charge on any atom is 0.327 e. The van der Waals surface area contributed by atoms with E-state index in [0.29, 0.717) is 12.1 Å². The lowest BCUT2D eigenvalue weighted by Gasteiger charge is -2.23. The molecule has 1 unspecified atom stereocenters. The molecule has 172 valence electrons. The predicted molar refractivity (Wildman–Crippen MR) is 122 cm³/mol. The van der Waals surface area contributed by atoms with Crippen molar-refractivity contribution in [3.8, 4) is 0 Å². The summed E-state index contributed by atoms with van der Waals surface area (Å²) in [6.07, 6.45) is 6.87. The fourth-order valence-electron chi connectivity index (χ4n) is 4.61. The molecule has 0 spiro atoms. The normalized spacial score (nSPS) is 16.0. The van der Waals surface area contributed by atoms with Crippen LogP contribution in [0.2, 0.25) is 0 Å². The lowest BCUT2D eigenvalue weighted by molar-refractivity contribution is -0.143. The molecule has 8 nitrogen and oxygen atoms in total. The van der Waals surface area contributed by atoms with Gasteiger partial charge in [0.25, 0.3) is 0 Å². The molecule has 1 aromatic carbocycles. The van der Waals surface area contributed by atoms with E-state index in [4.69, 9.17) is 0 Å². The fourth-order valence-corrected chi connectivity index (χ4v) is 4.61. The van der Waals surface area contributed by atoms with Gasteiger partial charge in [-0.3, -0.25) is 14.5 Å². The van der Waals surface area contributed by atoms with Gasteiger partial charge in [0, 0.05) is 24.2 Å². The Bertz CT molecular complexity index is 1170. The third-order valence-corrected chi connectivity index (χ3v) is 6.35. The van der Waals surface area contributed by atoms with Crippen molar-refractivity contribution >= 4 is 29.0 Å². The Labute approximate surface area is 191 Å². The molecule has 0 bridgehead atoms. The summed E-state index contributed by atoms with van der Waals surface area (Å²) < 4.78 is 2.03. The quantitative estimate of drug-likeness (QED) is 0.458. The lowest BCUT2D eigenvalue weighted by atomic mass is 9.95. The number of rotatable bonds is 10. The molecule has 1 aliphatic heterocycles. The lowest BCUT2D eigenvalue weighted by Crippen LogP contribution is -2.43. The standard InChI is InChI=1S/C25H27N3O5/c29-23(28-21-11-4-2-7-18(21)14-22(28)25(32)33)13-12-17(24(30)31)6-1-3-8-19-9-5-10-20-15-26-16-27(19)20/h2,4-5,7,9-11,15-17,22H,1,3,6,8,12-14H2,(H,30,31)(H,32,33)/t17?,22-/m0/s1. The zero-order valence-corrected chi connectivity index (χ0v) is 18.3. The minimum Gasteiger partial charge on any atom is -0.481 e. The molecule has 1 amide bonds. The first kappa shape index (κ1) is 22.5. The van der Waals surface area contributed by atoms with Gasteiger partial charge in [0.2, 0.25) is 5.91 Å². The van der Waals surface area contributed by atoms with Crippen molar-refractivity contribution in [2.45, 2.75) is 51.0 Å². The summed E-state index contributed by atoms with van der Waals surface area (Å²) in [7, 11) is 0. The summed E-state index contributed by atoms with van der Waals surface area (Å²) in [6.45, 7) is 0. The van der Waals surface area contributed by atoms with E-state index in [9.17, 15) is 24.6 Å². The highest BCUT2D eigenvalue weighted by molar-refractivity contribution is 6.02. The Hall–Kier alpha value is -3.68. The van der Waals surface area contributed by atoms with Crippen LogP contribution in [0.1, 0.15) is 43.4 Å². The van der Waals surface area contributed by atoms with Crippen molar-refractivity contribution in [3.63, 3.8) is 0 Å². The van der Waals surface area contributed by atoms with Crippen LogP contribution in [-0.2, 0) is 27.2 Å². The number of hydrogen-bond acceptors (Lipinski definition) is 4. The molecule has 3 aromatic rings. The molecule has 2 aromatic heterocycles. The molecule has 0 aliphatic carbocycles. The van der Waals surface area contributed by atoms with E-state index in [0.717, 1.165) is 36.0 Å². The first-order valence-electron chi connectivity index (χ1n) is 11.2. The van der Waals surface area contributed by atoms with Crippen molar-refractivity contribution in [1.29, 1.82) is 0 Å². The first-order chi connectivity index (χ1) is 16.0. The number of carbonyl (C=O) groups excluding carboxylic acids is 1. The summed E-state index contributed by atoms with van der Waals surface area (Å²) in [4.78, 5) is 41.9. The molecule has 0 saturated heterocycles. The van der Waals surface area contributed by atoms with Crippen LogP contribution in [0.15, 0.2) is 55.0 Å². The number of fused-ring (bicyclic) bond motifs is 2. The second-order valence-electron chi connectivity index (χ2n) is 8.48. The number of imidazole rings is 1. The van der Waals surface area contributed by atoms with Crippen LogP contribution in [0.25, 0.3) is 5.52 Å². The Morgan fingerprint density at radius 1 is 1.03 bits per heavy atom. The maximum atomic E-state index is 12.9. The van der Waals surface area contributed by atoms with Gasteiger partial charge in [-0.25, -0.2) is 9.78 Å². The third-order valence-electron chi connectivity index (χ3n) is 6.35. The highest BCUT2D eigenvalue weighted by Gasteiger charge is 2.38. The number of unbranched alkanes of at least 4 members (excludes halogenated alkanes) is 1. The average molecular weight is 450 g/mol. The summed E-state index contributed by atoms with van der Waals surface area (Å²) >= 11 is 0. The van der Waals surface area contributed by atoms with Crippen LogP contribution in [0.4, 0.5) is 5.69 Å². The summed E-state index contributed by atoms with van der Waals surface area (Å²) in [5.74, 6) is -2.96. The smallest absolute Gasteiger partial charge is 0.327 e. The zero-order valence-electron chi connectivity index (χ0n) is 18.3. The van der Waals surface area contributed by atoms with Crippen molar-refractivity contribution in [3.05, 3.63) is 66.2 Å². The summed E-state index contributed by atoms with van der Waals surface area (Å²) in [5.41, 5.74) is 3.58. The molecule has 0 fully saturated rings. The number of aromatic nitrogens is 2. The maximum absolute atomic E-state index is 12.9. The minimum absolute atomic E-state index is 0.00340. The number of aliphatic carboxylic acids is 2. The second kappa shape index (κ2) is 9.85. The Balaban J connectivity index is 1.32. The largest absolute Gasteiger partial charge is 0.481 e. The molecule has 2 atom stereocenters. The van der Waals surface area contributed by atoms with E-state index < -0.39 is 23.9 Å². The highest BCUT2D eigenvalue weighted by Crippen LogP contribution is 2.33. The number of nitrogens with zero attached hydrogens (tertiary/aromatic N) is 3. The highest BCUT2D eigenvalue weighted by atomic mass is 16.4. The number of para-hydroxylation sites is 1. The van der Waals surface area contributed by atoms with Crippen molar-refractivity contribution in [2.24, 2.45) is 5.92 Å². The van der Waals surface area contributed by atoms with E-state index in [1.807, 2.05) is 34.7 Å². The Morgan fingerprint density at radius 2 is 1.85 bits per heavy atom. The van der Waals surface area contributed by atoms with E-state index in [1.165, 1.54) is 4.90 Å². The number of carboxylic acids is 2. The molecule has 33 heavy (non-hydrogen) atoms. The van der Waals surface area contributed by atoms with Gasteiger partial charge in [0.15, 0.2) is 0 Å². The molecule has 0 saturated carbocycles. The molecule has 2 N–H and O–H groups in total. The molecule has 4 rings (SSSR count). The van der Waals surface area contributed by atoms with Crippen LogP contribution in [-0.4, -0.2) is 43.5 Å². The van der Waals surface area contributed by atoms with Gasteiger partial charge in [0.1, 0.15) is 6.04 Å². The van der Waals surface area contributed by atoms with Gasteiger partial charge in [0.05, 0.1) is 24.0 Å². The third kappa shape index (κ3) is 4.89. The monoisotopic (exact) mass is 449 g/mol. The molecule has 8 heteroatoms. The number of benzene rings is 1. The zero-order chi connectivity index (χ0) is 23.4. The SMILES string of the molecule is O=C(O)C(CCCCc1cccc2cncn12)CCC(=O)N1c2ccccc2C[C@H]1C(=O)O. The van der Waals surface area contributed by atoms with Gasteiger partial charge in [-0.15, -0.1) is 0 Å². The van der Waals surface area contributed by atoms with Gasteiger partial charge in [-0.05, 0) is 49.4 Å². The molecule has 1 aliphatic rings. The number of carbonyl (C=O) groups is 3. The van der Waals surface area contributed by atoms with Gasteiger partial charge in [-0.1, -0.05) is 30.7 Å². The number of carboxylic acid groups (broad SMARTS) is 2. The Kier molecular flexibility index (Phi) is 6.72. The number of anilines is 1. The first-order valence-corrected chi connectivity index (χ1v) is 11.2. The van der Waals surface area contributed by atoms with Crippen molar-refractivity contribution < 1.29 is 24.6 Å². The van der Waals surface area contributed by atoms with Crippen LogP contribution in [0.3, 0.4) is 0 Å². The number of hydrogen-bond donors (Lipinski definition) is 2. The molecular formula is C25H27N3O5. The van der Waals surface area contributed by atoms with Crippen LogP contribution >= 0.6 is 0 Å². The second-order valence-corrected chi connectivity index (χ2v) is 8.48.